The van der Waals surface area contributed by atoms with Crippen LogP contribution >= 0.6 is 23.2 Å². The first kappa shape index (κ1) is 31.8. The molecule has 0 radical (unpaired) electrons. The smallest absolute Gasteiger partial charge is 0.268 e. The normalized spacial score (nSPS) is 17.3. The van der Waals surface area contributed by atoms with Crippen molar-refractivity contribution in [3.63, 3.8) is 0 Å². The van der Waals surface area contributed by atoms with E-state index in [4.69, 9.17) is 32.8 Å². The van der Waals surface area contributed by atoms with Crippen molar-refractivity contribution in [3.05, 3.63) is 87.4 Å². The molecule has 5 rings (SSSR count). The number of rotatable bonds is 9. The Morgan fingerprint density at radius 2 is 1.73 bits per heavy atom. The van der Waals surface area contributed by atoms with Crippen molar-refractivity contribution < 1.29 is 28.6 Å². The molecule has 0 saturated carbocycles. The summed E-state index contributed by atoms with van der Waals surface area (Å²) in [5.41, 5.74) is 6.67. The van der Waals surface area contributed by atoms with Crippen LogP contribution in [0, 0.1) is 0 Å². The molecule has 44 heavy (non-hydrogen) atoms. The van der Waals surface area contributed by atoms with Gasteiger partial charge in [0.1, 0.15) is 19.6 Å². The second-order valence-corrected chi connectivity index (χ2v) is 12.4. The Bertz CT molecular complexity index is 1540. The summed E-state index contributed by atoms with van der Waals surface area (Å²) in [7, 11) is 1.80. The Morgan fingerprint density at radius 3 is 2.43 bits per heavy atom. The third-order valence-corrected chi connectivity index (χ3v) is 9.06. The van der Waals surface area contributed by atoms with Gasteiger partial charge in [0.15, 0.2) is 5.75 Å². The topological polar surface area (TPSA) is 97.0 Å². The largest absolute Gasteiger partial charge is 0.379 e. The van der Waals surface area contributed by atoms with Crippen molar-refractivity contribution in [1.29, 1.82) is 0 Å². The van der Waals surface area contributed by atoms with Gasteiger partial charge in [-0.25, -0.2) is 4.59 Å². The van der Waals surface area contributed by atoms with Gasteiger partial charge in [0.25, 0.3) is 17.7 Å². The number of hydrogen-bond donors (Lipinski definition) is 2. The molecule has 11 heteroatoms. The lowest BCUT2D eigenvalue weighted by molar-refractivity contribution is -1.03. The highest BCUT2D eigenvalue weighted by atomic mass is 35.5. The number of carbonyl (C=O) groups excluding carboxylic acids is 3. The number of benzene rings is 3. The molecule has 0 spiro atoms. The summed E-state index contributed by atoms with van der Waals surface area (Å²) < 4.78 is 6.09. The van der Waals surface area contributed by atoms with E-state index in [9.17, 15) is 14.4 Å². The second-order valence-electron chi connectivity index (χ2n) is 11.6. The number of morpholine rings is 1. The first-order chi connectivity index (χ1) is 21.1. The number of amides is 3. The summed E-state index contributed by atoms with van der Waals surface area (Å²) in [5, 5.41) is 5.29. The third-order valence-electron chi connectivity index (χ3n) is 8.33. The summed E-state index contributed by atoms with van der Waals surface area (Å²) in [6, 6.07) is 19.1. The van der Waals surface area contributed by atoms with Gasteiger partial charge in [-0.3, -0.25) is 14.4 Å². The highest BCUT2D eigenvalue weighted by Gasteiger charge is 2.41. The maximum Gasteiger partial charge on any atom is 0.268 e. The SMILES string of the molecule is CC(C)NC(=O)c1cccc(-c2ccc(CC[N+]3(N(C)C(=O)CC4C(=O)NOc5cc(Cl)c(Cl)cc54)CCOCC3)cc2)c1. The molecule has 232 valence electrons. The standard InChI is InChI=1S/C33H36Cl2N4O5/c1-21(2)36-32(41)25-6-4-5-24(17-25)23-9-7-22(8-10-23)11-12-39(13-15-43-16-14-39)38(3)31(40)19-27-26-18-28(34)29(35)20-30(26)44-37-33(27)42/h4-10,17-18,20-21,27H,11-16,19H2,1-3H3,(H-,36,37,41,42)/p+1. The number of carbonyl (C=O) groups is 3. The molecule has 2 N–H and O–H groups in total. The molecule has 2 aliphatic heterocycles. The Hall–Kier alpha value is -3.63. The van der Waals surface area contributed by atoms with Crippen molar-refractivity contribution in [2.45, 2.75) is 38.6 Å². The molecular weight excluding hydrogens is 603 g/mol. The molecule has 1 saturated heterocycles. The van der Waals surface area contributed by atoms with Gasteiger partial charge >= 0.3 is 0 Å². The van der Waals surface area contributed by atoms with Gasteiger partial charge in [-0.15, -0.1) is 0 Å². The molecule has 2 aliphatic rings. The lowest BCUT2D eigenvalue weighted by Gasteiger charge is -2.46. The van der Waals surface area contributed by atoms with E-state index < -0.39 is 11.8 Å². The molecule has 1 atom stereocenters. The van der Waals surface area contributed by atoms with E-state index in [1.54, 1.807) is 24.2 Å². The van der Waals surface area contributed by atoms with E-state index in [2.05, 4.69) is 35.1 Å². The van der Waals surface area contributed by atoms with Crippen molar-refractivity contribution >= 4 is 40.9 Å². The summed E-state index contributed by atoms with van der Waals surface area (Å²) >= 11 is 12.4. The lowest BCUT2D eigenvalue weighted by Crippen LogP contribution is -2.66. The fraction of sp³-hybridized carbons (Fsp3) is 0.364. The van der Waals surface area contributed by atoms with Gasteiger partial charge in [0.2, 0.25) is 0 Å². The van der Waals surface area contributed by atoms with Crippen LogP contribution in [0.25, 0.3) is 11.1 Å². The molecule has 1 unspecified atom stereocenters. The molecular formula is C33H37Cl2N4O5+. The number of fused-ring (bicyclic) bond motifs is 1. The molecule has 3 amide bonds. The van der Waals surface area contributed by atoms with E-state index in [0.717, 1.165) is 23.1 Å². The van der Waals surface area contributed by atoms with Crippen LogP contribution in [0.15, 0.2) is 60.7 Å². The third kappa shape index (κ3) is 7.02. The molecule has 3 aromatic rings. The average molecular weight is 641 g/mol. The van der Waals surface area contributed by atoms with E-state index >= 15 is 0 Å². The van der Waals surface area contributed by atoms with E-state index in [1.807, 2.05) is 38.1 Å². The number of nitrogens with one attached hydrogen (secondary N) is 2. The van der Waals surface area contributed by atoms with Crippen molar-refractivity contribution in [3.8, 4) is 16.9 Å². The minimum absolute atomic E-state index is 0.0412. The minimum atomic E-state index is -0.757. The van der Waals surface area contributed by atoms with Gasteiger partial charge < -0.3 is 14.9 Å². The first-order valence-electron chi connectivity index (χ1n) is 14.7. The number of hydroxylamine groups is 1. The molecule has 0 bridgehead atoms. The van der Waals surface area contributed by atoms with E-state index in [1.165, 1.54) is 0 Å². The lowest BCUT2D eigenvalue weighted by atomic mass is 9.92. The highest BCUT2D eigenvalue weighted by molar-refractivity contribution is 6.42. The van der Waals surface area contributed by atoms with Gasteiger partial charge in [-0.1, -0.05) is 59.6 Å². The maximum atomic E-state index is 13.7. The molecule has 9 nitrogen and oxygen atoms in total. The van der Waals surface area contributed by atoms with Crippen molar-refractivity contribution in [2.75, 3.05) is 39.9 Å². The van der Waals surface area contributed by atoms with Gasteiger partial charge in [0, 0.05) is 36.1 Å². The van der Waals surface area contributed by atoms with Crippen LogP contribution in [-0.2, 0) is 20.7 Å². The zero-order valence-corrected chi connectivity index (χ0v) is 26.6. The zero-order valence-electron chi connectivity index (χ0n) is 25.1. The van der Waals surface area contributed by atoms with Crippen LogP contribution in [-0.4, -0.2) is 73.3 Å². The summed E-state index contributed by atoms with van der Waals surface area (Å²) in [5.74, 6) is -1.04. The number of ether oxygens (including phenoxy) is 1. The van der Waals surface area contributed by atoms with Crippen LogP contribution in [0.1, 0.15) is 47.7 Å². The maximum absolute atomic E-state index is 13.7. The summed E-state index contributed by atoms with van der Waals surface area (Å²) in [6.45, 7) is 6.92. The predicted molar refractivity (Wildman–Crippen MR) is 169 cm³/mol. The molecule has 0 aliphatic carbocycles. The van der Waals surface area contributed by atoms with Crippen molar-refractivity contribution in [2.24, 2.45) is 0 Å². The molecule has 0 aromatic heterocycles. The average Bonchev–Trinajstić information content (AvgIpc) is 3.02. The Kier molecular flexibility index (Phi) is 9.80. The molecule has 2 heterocycles. The Balaban J connectivity index is 1.28. The summed E-state index contributed by atoms with van der Waals surface area (Å²) in [6.07, 6.45) is 0.698. The quantitative estimate of drug-likeness (QED) is 0.315. The summed E-state index contributed by atoms with van der Waals surface area (Å²) in [4.78, 5) is 44.3. The number of nitrogens with zero attached hydrogens (tertiary/aromatic N) is 2. The van der Waals surface area contributed by atoms with Crippen molar-refractivity contribution in [1.82, 2.24) is 15.8 Å². The Labute approximate surface area is 267 Å². The number of halogens is 2. The second kappa shape index (κ2) is 13.6. The van der Waals surface area contributed by atoms with E-state index in [-0.39, 0.29) is 24.3 Å². The van der Waals surface area contributed by atoms with Gasteiger partial charge in [0.05, 0.1) is 36.2 Å². The Morgan fingerprint density at radius 1 is 1.02 bits per heavy atom. The van der Waals surface area contributed by atoms with Crippen LogP contribution in [0.4, 0.5) is 0 Å². The van der Waals surface area contributed by atoms with Gasteiger partial charge in [-0.2, -0.15) is 10.5 Å². The van der Waals surface area contributed by atoms with Crippen LogP contribution in [0.3, 0.4) is 0 Å². The molecule has 1 fully saturated rings. The first-order valence-corrected chi connectivity index (χ1v) is 15.5. The fourth-order valence-corrected chi connectivity index (χ4v) is 6.04. The van der Waals surface area contributed by atoms with Crippen LogP contribution < -0.4 is 15.6 Å². The minimum Gasteiger partial charge on any atom is -0.379 e. The van der Waals surface area contributed by atoms with Gasteiger partial charge in [-0.05, 0) is 48.7 Å². The number of hydrogen-bond acceptors (Lipinski definition) is 5. The molecule has 3 aromatic carbocycles. The monoisotopic (exact) mass is 639 g/mol. The van der Waals surface area contributed by atoms with Crippen LogP contribution in [0.5, 0.6) is 5.75 Å². The highest BCUT2D eigenvalue weighted by Crippen LogP contribution is 2.38. The fourth-order valence-electron chi connectivity index (χ4n) is 5.71. The van der Waals surface area contributed by atoms with Crippen LogP contribution in [0.2, 0.25) is 10.0 Å². The van der Waals surface area contributed by atoms with E-state index in [0.29, 0.717) is 64.4 Å². The number of quaternary nitrogens is 1. The zero-order chi connectivity index (χ0) is 31.4. The predicted octanol–water partition coefficient (Wildman–Crippen LogP) is 5.16.